The van der Waals surface area contributed by atoms with Gasteiger partial charge in [-0.1, -0.05) is 0 Å². The predicted octanol–water partition coefficient (Wildman–Crippen LogP) is 1.89. The minimum Gasteiger partial charge on any atom is -0.391 e. The van der Waals surface area contributed by atoms with E-state index in [0.717, 1.165) is 51.5 Å². The van der Waals surface area contributed by atoms with Crippen LogP contribution in [0.15, 0.2) is 17.2 Å². The van der Waals surface area contributed by atoms with Gasteiger partial charge in [-0.15, -0.1) is 0 Å². The number of likely N-dealkylation sites (tertiary alicyclic amines) is 1. The first-order chi connectivity index (χ1) is 11.3. The Morgan fingerprint density at radius 3 is 2.46 bits per heavy atom. The topological polar surface area (TPSA) is 58.4 Å². The van der Waals surface area contributed by atoms with Gasteiger partial charge in [-0.05, 0) is 51.1 Å². The molecule has 2 aliphatic rings. The summed E-state index contributed by atoms with van der Waals surface area (Å²) in [6, 6.07) is 0.797. The molecular formula is C16H22F3N3O2. The van der Waals surface area contributed by atoms with Crippen LogP contribution in [0.2, 0.25) is 0 Å². The quantitative estimate of drug-likeness (QED) is 0.909. The average Bonchev–Trinajstić information content (AvgIpc) is 2.95. The van der Waals surface area contributed by atoms with Crippen LogP contribution in [-0.4, -0.2) is 44.8 Å². The fraction of sp³-hybridized carbons (Fsp3) is 0.750. The van der Waals surface area contributed by atoms with Crippen LogP contribution in [0.25, 0.3) is 0 Å². The number of halogens is 3. The molecule has 2 heterocycles. The number of hydrogen-bond acceptors (Lipinski definition) is 4. The molecule has 0 spiro atoms. The first kappa shape index (κ1) is 17.4. The van der Waals surface area contributed by atoms with E-state index in [9.17, 15) is 23.1 Å². The van der Waals surface area contributed by atoms with E-state index in [0.29, 0.717) is 12.6 Å². The number of alkyl halides is 3. The Balaban J connectivity index is 1.57. The van der Waals surface area contributed by atoms with Crippen molar-refractivity contribution >= 4 is 0 Å². The van der Waals surface area contributed by atoms with E-state index in [1.807, 2.05) is 0 Å². The van der Waals surface area contributed by atoms with Gasteiger partial charge in [-0.2, -0.15) is 13.2 Å². The highest BCUT2D eigenvalue weighted by molar-refractivity contribution is 5.03. The monoisotopic (exact) mass is 345 g/mol. The summed E-state index contributed by atoms with van der Waals surface area (Å²) in [6.45, 7) is 2.11. The maximum atomic E-state index is 12.5. The molecule has 24 heavy (non-hydrogen) atoms. The van der Waals surface area contributed by atoms with Gasteiger partial charge in [-0.3, -0.25) is 14.3 Å². The van der Waals surface area contributed by atoms with Crippen molar-refractivity contribution < 1.29 is 18.3 Å². The standard InChI is InChI=1S/C16H22F3N3O2/c17-16(18,19)14-8-15(24)22(10-20-14)9-11-4-6-21(7-5-11)12-2-1-3-13(12)23/h8,10-13,23H,1-7,9H2. The Morgan fingerprint density at radius 1 is 1.21 bits per heavy atom. The highest BCUT2D eigenvalue weighted by atomic mass is 19.4. The maximum absolute atomic E-state index is 12.5. The molecule has 1 saturated heterocycles. The van der Waals surface area contributed by atoms with Crippen molar-refractivity contribution in [3.63, 3.8) is 0 Å². The Labute approximate surface area is 138 Å². The number of aliphatic hydroxyl groups excluding tert-OH is 1. The van der Waals surface area contributed by atoms with Crippen LogP contribution >= 0.6 is 0 Å². The molecule has 2 atom stereocenters. The molecule has 0 radical (unpaired) electrons. The smallest absolute Gasteiger partial charge is 0.391 e. The second-order valence-corrected chi connectivity index (χ2v) is 6.81. The molecule has 1 aliphatic carbocycles. The van der Waals surface area contributed by atoms with Crippen LogP contribution in [0.4, 0.5) is 13.2 Å². The molecule has 134 valence electrons. The molecule has 2 unspecified atom stereocenters. The zero-order chi connectivity index (χ0) is 17.3. The summed E-state index contributed by atoms with van der Waals surface area (Å²) in [6.07, 6.45) is 0.837. The van der Waals surface area contributed by atoms with E-state index in [4.69, 9.17) is 0 Å². The van der Waals surface area contributed by atoms with Gasteiger partial charge in [-0.25, -0.2) is 4.98 Å². The van der Waals surface area contributed by atoms with Crippen molar-refractivity contribution in [1.82, 2.24) is 14.5 Å². The first-order valence-corrected chi connectivity index (χ1v) is 8.40. The summed E-state index contributed by atoms with van der Waals surface area (Å²) < 4.78 is 38.9. The van der Waals surface area contributed by atoms with Gasteiger partial charge in [0, 0.05) is 18.7 Å². The number of rotatable bonds is 3. The third kappa shape index (κ3) is 3.80. The number of aliphatic hydroxyl groups is 1. The zero-order valence-corrected chi connectivity index (χ0v) is 13.4. The molecule has 1 saturated carbocycles. The Kier molecular flexibility index (Phi) is 4.96. The van der Waals surface area contributed by atoms with Crippen molar-refractivity contribution in [3.05, 3.63) is 28.4 Å². The van der Waals surface area contributed by atoms with Gasteiger partial charge in [0.25, 0.3) is 5.56 Å². The van der Waals surface area contributed by atoms with Gasteiger partial charge in [0.05, 0.1) is 12.4 Å². The van der Waals surface area contributed by atoms with Crippen molar-refractivity contribution in [3.8, 4) is 0 Å². The van der Waals surface area contributed by atoms with Crippen LogP contribution in [0.1, 0.15) is 37.8 Å². The van der Waals surface area contributed by atoms with Gasteiger partial charge >= 0.3 is 6.18 Å². The summed E-state index contributed by atoms with van der Waals surface area (Å²) in [5.74, 6) is 0.246. The van der Waals surface area contributed by atoms with E-state index in [1.54, 1.807) is 0 Å². The normalized spacial score (nSPS) is 26.8. The van der Waals surface area contributed by atoms with E-state index >= 15 is 0 Å². The average molecular weight is 345 g/mol. The van der Waals surface area contributed by atoms with E-state index in [2.05, 4.69) is 9.88 Å². The lowest BCUT2D eigenvalue weighted by molar-refractivity contribution is -0.141. The third-order valence-corrected chi connectivity index (χ3v) is 5.19. The zero-order valence-electron chi connectivity index (χ0n) is 13.4. The number of hydrogen-bond donors (Lipinski definition) is 1. The largest absolute Gasteiger partial charge is 0.433 e. The van der Waals surface area contributed by atoms with Crippen LogP contribution in [0.3, 0.4) is 0 Å². The summed E-state index contributed by atoms with van der Waals surface area (Å²) in [7, 11) is 0. The van der Waals surface area contributed by atoms with Crippen molar-refractivity contribution in [2.45, 2.75) is 57.0 Å². The second-order valence-electron chi connectivity index (χ2n) is 6.81. The minimum absolute atomic E-state index is 0.237. The Hall–Kier alpha value is -1.41. The summed E-state index contributed by atoms with van der Waals surface area (Å²) >= 11 is 0. The summed E-state index contributed by atoms with van der Waals surface area (Å²) in [5.41, 5.74) is -1.81. The fourth-order valence-electron chi connectivity index (χ4n) is 3.81. The molecule has 2 fully saturated rings. The van der Waals surface area contributed by atoms with Crippen LogP contribution in [-0.2, 0) is 12.7 Å². The Morgan fingerprint density at radius 2 is 1.92 bits per heavy atom. The van der Waals surface area contributed by atoms with Gasteiger partial charge in [0.2, 0.25) is 0 Å². The maximum Gasteiger partial charge on any atom is 0.433 e. The molecule has 0 aromatic carbocycles. The minimum atomic E-state index is -4.59. The van der Waals surface area contributed by atoms with Crippen LogP contribution in [0.5, 0.6) is 0 Å². The molecule has 8 heteroatoms. The van der Waals surface area contributed by atoms with Crippen molar-refractivity contribution in [2.24, 2.45) is 5.92 Å². The predicted molar refractivity (Wildman–Crippen MR) is 81.4 cm³/mol. The molecule has 0 amide bonds. The van der Waals surface area contributed by atoms with Crippen molar-refractivity contribution in [1.29, 1.82) is 0 Å². The molecule has 1 N–H and O–H groups in total. The molecule has 3 rings (SSSR count). The Bertz CT molecular complexity index is 624. The molecule has 1 aromatic rings. The first-order valence-electron chi connectivity index (χ1n) is 8.40. The second kappa shape index (κ2) is 6.84. The molecule has 1 aromatic heterocycles. The van der Waals surface area contributed by atoms with Crippen molar-refractivity contribution in [2.75, 3.05) is 13.1 Å². The van der Waals surface area contributed by atoms with E-state index in [1.165, 1.54) is 4.57 Å². The summed E-state index contributed by atoms with van der Waals surface area (Å²) in [5, 5.41) is 9.98. The number of aromatic nitrogens is 2. The molecular weight excluding hydrogens is 323 g/mol. The highest BCUT2D eigenvalue weighted by Gasteiger charge is 2.34. The van der Waals surface area contributed by atoms with E-state index < -0.39 is 17.4 Å². The van der Waals surface area contributed by atoms with Gasteiger partial charge in [0.15, 0.2) is 5.69 Å². The third-order valence-electron chi connectivity index (χ3n) is 5.19. The summed E-state index contributed by atoms with van der Waals surface area (Å²) in [4.78, 5) is 17.5. The number of piperidine rings is 1. The lowest BCUT2D eigenvalue weighted by Gasteiger charge is -2.37. The highest BCUT2D eigenvalue weighted by Crippen LogP contribution is 2.29. The molecule has 5 nitrogen and oxygen atoms in total. The van der Waals surface area contributed by atoms with Crippen LogP contribution in [0, 0.1) is 5.92 Å². The van der Waals surface area contributed by atoms with Crippen LogP contribution < -0.4 is 5.56 Å². The fourth-order valence-corrected chi connectivity index (χ4v) is 3.81. The SMILES string of the molecule is O=c1cc(C(F)(F)F)ncn1CC1CCN(C2CCCC2O)CC1. The van der Waals surface area contributed by atoms with Gasteiger partial charge < -0.3 is 5.11 Å². The van der Waals surface area contributed by atoms with E-state index in [-0.39, 0.29) is 18.1 Å². The lowest BCUT2D eigenvalue weighted by Crippen LogP contribution is -2.45. The number of nitrogens with zero attached hydrogens (tertiary/aromatic N) is 3. The molecule has 1 aliphatic heterocycles. The van der Waals surface area contributed by atoms with Gasteiger partial charge in [0.1, 0.15) is 0 Å². The lowest BCUT2D eigenvalue weighted by atomic mass is 9.95. The molecule has 0 bridgehead atoms.